The lowest BCUT2D eigenvalue weighted by molar-refractivity contribution is -0.137. The average molecular weight is 715 g/mol. The number of ether oxygens (including phenoxy) is 3. The van der Waals surface area contributed by atoms with Gasteiger partial charge in [0.25, 0.3) is 5.91 Å². The highest BCUT2D eigenvalue weighted by atomic mass is 19.4. The normalized spacial score (nSPS) is 19.8. The second-order valence-electron chi connectivity index (χ2n) is 13.2. The Bertz CT molecular complexity index is 1570. The molecule has 13 heteroatoms. The third-order valence-corrected chi connectivity index (χ3v) is 8.88. The first kappa shape index (κ1) is 39.5. The van der Waals surface area contributed by atoms with Gasteiger partial charge < -0.3 is 34.9 Å². The van der Waals surface area contributed by atoms with Gasteiger partial charge in [-0.1, -0.05) is 19.1 Å². The van der Waals surface area contributed by atoms with E-state index in [4.69, 9.17) is 14.2 Å². The number of hydrogen-bond acceptors (Lipinski definition) is 7. The van der Waals surface area contributed by atoms with E-state index in [0.717, 1.165) is 54.8 Å². The van der Waals surface area contributed by atoms with Gasteiger partial charge in [0.05, 0.1) is 43.1 Å². The quantitative estimate of drug-likeness (QED) is 0.214. The summed E-state index contributed by atoms with van der Waals surface area (Å²) in [5, 5.41) is 15.4. The number of halogens is 3. The molecule has 3 aromatic rings. The average Bonchev–Trinajstić information content (AvgIpc) is 3.09. The summed E-state index contributed by atoms with van der Waals surface area (Å²) in [6, 6.07) is 15.5. The highest BCUT2D eigenvalue weighted by Gasteiger charge is 2.31. The maximum atomic E-state index is 14.4. The second kappa shape index (κ2) is 18.2. The number of carbonyl (C=O) groups excluding carboxylic acids is 2. The number of amides is 3. The van der Waals surface area contributed by atoms with Crippen LogP contribution in [0.2, 0.25) is 0 Å². The van der Waals surface area contributed by atoms with Gasteiger partial charge in [-0.2, -0.15) is 13.2 Å². The lowest BCUT2D eigenvalue weighted by Crippen LogP contribution is -2.47. The van der Waals surface area contributed by atoms with Crippen LogP contribution in [0, 0.1) is 5.92 Å². The van der Waals surface area contributed by atoms with Crippen LogP contribution in [0.3, 0.4) is 0 Å². The van der Waals surface area contributed by atoms with E-state index < -0.39 is 23.8 Å². The number of urea groups is 1. The van der Waals surface area contributed by atoms with Gasteiger partial charge in [0.2, 0.25) is 0 Å². The van der Waals surface area contributed by atoms with Crippen molar-refractivity contribution in [3.8, 4) is 11.5 Å². The summed E-state index contributed by atoms with van der Waals surface area (Å²) >= 11 is 0. The van der Waals surface area contributed by atoms with E-state index >= 15 is 0 Å². The third kappa shape index (κ3) is 11.6. The highest BCUT2D eigenvalue weighted by Crippen LogP contribution is 2.31. The number of likely N-dealkylation sites (N-methyl/N-ethyl adjacent to an activating group) is 1. The van der Waals surface area contributed by atoms with Gasteiger partial charge in [0.1, 0.15) is 11.5 Å². The number of fused-ring (bicyclic) bond motifs is 1. The van der Waals surface area contributed by atoms with Gasteiger partial charge in [-0.3, -0.25) is 9.69 Å². The standard InChI is InChI=1S/C38H49F3N4O6/c1-25-21-45(26(2)24-46)36(47)33-20-31(43-37(48)42-30-13-11-29(12-14-30)38(39,40)41)15-18-34(33)51-27(3)8-6-7-19-50-35(25)23-44(4)22-28-9-16-32(49-5)17-10-28/h9-18,20,25-27,35,46H,6-8,19,21-24H2,1-5H3,(H2,42,43,48)/t25-,26-,27-,35+/m0/s1. The molecular weight excluding hydrogens is 665 g/mol. The summed E-state index contributed by atoms with van der Waals surface area (Å²) in [5.74, 6) is 0.619. The Labute approximate surface area is 297 Å². The molecule has 1 aliphatic heterocycles. The maximum Gasteiger partial charge on any atom is 0.416 e. The van der Waals surface area contributed by atoms with Crippen LogP contribution in [0.4, 0.5) is 29.3 Å². The molecule has 1 aliphatic rings. The van der Waals surface area contributed by atoms with E-state index in [2.05, 4.69) is 15.5 Å². The van der Waals surface area contributed by atoms with E-state index in [0.29, 0.717) is 25.4 Å². The molecule has 4 atom stereocenters. The molecule has 0 aliphatic carbocycles. The number of aliphatic hydroxyl groups is 1. The molecular formula is C38H49F3N4O6. The first-order chi connectivity index (χ1) is 24.3. The largest absolute Gasteiger partial charge is 0.497 e. The molecule has 51 heavy (non-hydrogen) atoms. The molecule has 0 saturated carbocycles. The minimum absolute atomic E-state index is 0.122. The molecule has 0 saturated heterocycles. The van der Waals surface area contributed by atoms with Crippen molar-refractivity contribution >= 4 is 23.3 Å². The summed E-state index contributed by atoms with van der Waals surface area (Å²) in [5.41, 5.74) is 0.931. The van der Waals surface area contributed by atoms with Gasteiger partial charge in [-0.15, -0.1) is 0 Å². The Morgan fingerprint density at radius 1 is 1.04 bits per heavy atom. The number of benzene rings is 3. The monoisotopic (exact) mass is 714 g/mol. The lowest BCUT2D eigenvalue weighted by atomic mass is 10.0. The van der Waals surface area contributed by atoms with Crippen molar-refractivity contribution in [1.82, 2.24) is 9.80 Å². The number of methoxy groups -OCH3 is 1. The Morgan fingerprint density at radius 2 is 1.71 bits per heavy atom. The molecule has 3 N–H and O–H groups in total. The van der Waals surface area contributed by atoms with Crippen LogP contribution in [0.25, 0.3) is 0 Å². The summed E-state index contributed by atoms with van der Waals surface area (Å²) in [6.45, 7) is 7.59. The summed E-state index contributed by atoms with van der Waals surface area (Å²) < 4.78 is 56.9. The fourth-order valence-corrected chi connectivity index (χ4v) is 5.91. The van der Waals surface area contributed by atoms with Crippen molar-refractivity contribution in [2.45, 2.75) is 71.0 Å². The molecule has 0 aromatic heterocycles. The van der Waals surface area contributed by atoms with Gasteiger partial charge in [-0.05, 0) is 100 Å². The Balaban J connectivity index is 1.56. The van der Waals surface area contributed by atoms with Crippen LogP contribution >= 0.6 is 0 Å². The number of aliphatic hydroxyl groups excluding tert-OH is 1. The van der Waals surface area contributed by atoms with Crippen LogP contribution in [-0.2, 0) is 17.5 Å². The zero-order valence-corrected chi connectivity index (χ0v) is 29.8. The first-order valence-electron chi connectivity index (χ1n) is 17.2. The van der Waals surface area contributed by atoms with E-state index in [-0.39, 0.29) is 54.1 Å². The Morgan fingerprint density at radius 3 is 2.35 bits per heavy atom. The molecule has 4 rings (SSSR count). The van der Waals surface area contributed by atoms with Gasteiger partial charge in [0, 0.05) is 43.5 Å². The Hall–Kier alpha value is -4.33. The van der Waals surface area contributed by atoms with Crippen molar-refractivity contribution in [2.75, 3.05) is 51.1 Å². The van der Waals surface area contributed by atoms with Gasteiger partial charge in [-0.25, -0.2) is 4.79 Å². The number of nitrogens with one attached hydrogen (secondary N) is 2. The number of anilines is 2. The van der Waals surface area contributed by atoms with Crippen LogP contribution in [0.15, 0.2) is 66.7 Å². The topological polar surface area (TPSA) is 113 Å². The number of alkyl halides is 3. The lowest BCUT2D eigenvalue weighted by Gasteiger charge is -2.36. The van der Waals surface area contributed by atoms with Gasteiger partial charge in [0.15, 0.2) is 0 Å². The SMILES string of the molecule is COc1ccc(CN(C)C[C@H]2OCCCC[C@H](C)Oc3ccc(NC(=O)Nc4ccc(C(F)(F)F)cc4)cc3C(=O)N([C@@H](C)CO)C[C@@H]2C)cc1. The predicted molar refractivity (Wildman–Crippen MR) is 190 cm³/mol. The fourth-order valence-electron chi connectivity index (χ4n) is 5.91. The van der Waals surface area contributed by atoms with Crippen LogP contribution < -0.4 is 20.1 Å². The van der Waals surface area contributed by atoms with Gasteiger partial charge >= 0.3 is 12.2 Å². The van der Waals surface area contributed by atoms with E-state index in [1.807, 2.05) is 45.2 Å². The third-order valence-electron chi connectivity index (χ3n) is 8.88. The number of rotatable bonds is 9. The molecule has 0 radical (unpaired) electrons. The predicted octanol–water partition coefficient (Wildman–Crippen LogP) is 7.29. The second-order valence-corrected chi connectivity index (χ2v) is 13.2. The van der Waals surface area contributed by atoms with E-state index in [9.17, 15) is 27.9 Å². The summed E-state index contributed by atoms with van der Waals surface area (Å²) in [7, 11) is 3.66. The maximum absolute atomic E-state index is 14.4. The van der Waals surface area contributed by atoms with E-state index in [1.54, 1.807) is 31.1 Å². The van der Waals surface area contributed by atoms with E-state index in [1.165, 1.54) is 6.07 Å². The zero-order chi connectivity index (χ0) is 37.1. The van der Waals surface area contributed by atoms with Crippen LogP contribution in [-0.4, -0.2) is 85.6 Å². The molecule has 0 bridgehead atoms. The molecule has 0 unspecified atom stereocenters. The number of carbonyl (C=O) groups is 2. The van der Waals surface area contributed by atoms with Crippen LogP contribution in [0.5, 0.6) is 11.5 Å². The van der Waals surface area contributed by atoms with Crippen molar-refractivity contribution in [2.24, 2.45) is 5.92 Å². The zero-order valence-electron chi connectivity index (χ0n) is 29.8. The molecule has 10 nitrogen and oxygen atoms in total. The molecule has 3 aromatic carbocycles. The molecule has 278 valence electrons. The summed E-state index contributed by atoms with van der Waals surface area (Å²) in [4.78, 5) is 31.0. The first-order valence-corrected chi connectivity index (χ1v) is 17.2. The summed E-state index contributed by atoms with van der Waals surface area (Å²) in [6.07, 6.45) is -2.53. The minimum Gasteiger partial charge on any atom is -0.497 e. The number of hydrogen-bond donors (Lipinski definition) is 3. The number of nitrogens with zero attached hydrogens (tertiary/aromatic N) is 2. The van der Waals surface area contributed by atoms with Crippen molar-refractivity contribution in [3.63, 3.8) is 0 Å². The molecule has 1 heterocycles. The minimum atomic E-state index is -4.50. The molecule has 3 amide bonds. The fraction of sp³-hybridized carbons (Fsp3) is 0.474. The highest BCUT2D eigenvalue weighted by molar-refractivity contribution is 6.02. The van der Waals surface area contributed by atoms with Crippen molar-refractivity contribution in [1.29, 1.82) is 0 Å². The van der Waals surface area contributed by atoms with Crippen molar-refractivity contribution in [3.05, 3.63) is 83.4 Å². The molecule has 0 fully saturated rings. The van der Waals surface area contributed by atoms with Crippen molar-refractivity contribution < 1.29 is 42.1 Å². The molecule has 0 spiro atoms. The Kier molecular flexibility index (Phi) is 14.1. The smallest absolute Gasteiger partial charge is 0.416 e. The van der Waals surface area contributed by atoms with Crippen LogP contribution in [0.1, 0.15) is 61.5 Å².